The Morgan fingerprint density at radius 1 is 1.00 bits per heavy atom. The zero-order chi connectivity index (χ0) is 20.7. The van der Waals surface area contributed by atoms with E-state index in [-0.39, 0.29) is 36.8 Å². The summed E-state index contributed by atoms with van der Waals surface area (Å²) in [6, 6.07) is 0. The monoisotopic (exact) mass is 404 g/mol. The SMILES string of the molecule is CCCCCC(CC(C)=O)OC(=O)CC(CCCCSC(C)C(=O)O)OC. The van der Waals surface area contributed by atoms with Gasteiger partial charge in [0.1, 0.15) is 11.9 Å². The van der Waals surface area contributed by atoms with Crippen molar-refractivity contribution in [1.82, 2.24) is 0 Å². The summed E-state index contributed by atoms with van der Waals surface area (Å²) in [4.78, 5) is 34.4. The van der Waals surface area contributed by atoms with Gasteiger partial charge in [0.15, 0.2) is 0 Å². The molecule has 0 amide bonds. The van der Waals surface area contributed by atoms with Crippen LogP contribution < -0.4 is 0 Å². The van der Waals surface area contributed by atoms with E-state index < -0.39 is 11.2 Å². The highest BCUT2D eigenvalue weighted by atomic mass is 32.2. The number of hydrogen-bond acceptors (Lipinski definition) is 6. The first-order valence-corrected chi connectivity index (χ1v) is 10.9. The zero-order valence-electron chi connectivity index (χ0n) is 17.2. The highest BCUT2D eigenvalue weighted by Crippen LogP contribution is 2.17. The van der Waals surface area contributed by atoms with Gasteiger partial charge in [-0.1, -0.05) is 26.2 Å². The number of hydrogen-bond donors (Lipinski definition) is 1. The Labute approximate surface area is 167 Å². The Bertz CT molecular complexity index is 440. The van der Waals surface area contributed by atoms with E-state index in [9.17, 15) is 14.4 Å². The lowest BCUT2D eigenvalue weighted by Crippen LogP contribution is -2.25. The number of Topliss-reactive ketones (excluding diaryl/α,β-unsaturated/α-hetero) is 1. The van der Waals surface area contributed by atoms with Crippen molar-refractivity contribution in [2.75, 3.05) is 12.9 Å². The molecule has 3 atom stereocenters. The Balaban J connectivity index is 4.19. The fourth-order valence-corrected chi connectivity index (χ4v) is 3.54. The summed E-state index contributed by atoms with van der Waals surface area (Å²) < 4.78 is 10.9. The molecule has 0 aromatic heterocycles. The molecule has 0 aromatic carbocycles. The third-order valence-electron chi connectivity index (χ3n) is 4.31. The molecule has 0 heterocycles. The number of carboxylic acid groups (broad SMARTS) is 1. The predicted octanol–water partition coefficient (Wildman–Crippen LogP) is 4.24. The van der Waals surface area contributed by atoms with Crippen LogP contribution in [0.2, 0.25) is 0 Å². The highest BCUT2D eigenvalue weighted by Gasteiger charge is 2.20. The topological polar surface area (TPSA) is 89.9 Å². The summed E-state index contributed by atoms with van der Waals surface area (Å²) in [6.07, 6.45) is 6.16. The standard InChI is InChI=1S/C20H36O6S/c1-5-6-7-11-18(13-15(2)21)26-19(22)14-17(25-4)10-8-9-12-27-16(3)20(23)24/h16-18H,5-14H2,1-4H3,(H,23,24). The van der Waals surface area contributed by atoms with Crippen LogP contribution >= 0.6 is 11.8 Å². The van der Waals surface area contributed by atoms with Crippen molar-refractivity contribution in [2.24, 2.45) is 0 Å². The minimum atomic E-state index is -0.795. The molecule has 3 unspecified atom stereocenters. The van der Waals surface area contributed by atoms with Gasteiger partial charge in [-0.15, -0.1) is 11.8 Å². The Morgan fingerprint density at radius 2 is 1.63 bits per heavy atom. The first kappa shape index (κ1) is 25.9. The predicted molar refractivity (Wildman–Crippen MR) is 108 cm³/mol. The third kappa shape index (κ3) is 14.6. The van der Waals surface area contributed by atoms with Crippen molar-refractivity contribution < 1.29 is 29.0 Å². The number of unbranched alkanes of at least 4 members (excludes halogenated alkanes) is 3. The molecule has 0 saturated carbocycles. The van der Waals surface area contributed by atoms with Gasteiger partial charge in [-0.3, -0.25) is 14.4 Å². The van der Waals surface area contributed by atoms with Crippen molar-refractivity contribution in [1.29, 1.82) is 0 Å². The number of thioether (sulfide) groups is 1. The maximum Gasteiger partial charge on any atom is 0.316 e. The summed E-state index contributed by atoms with van der Waals surface area (Å²) in [6.45, 7) is 5.30. The summed E-state index contributed by atoms with van der Waals surface area (Å²) in [5.74, 6) is -0.317. The van der Waals surface area contributed by atoms with Crippen LogP contribution in [0, 0.1) is 0 Å². The van der Waals surface area contributed by atoms with Gasteiger partial charge in [0.25, 0.3) is 0 Å². The number of methoxy groups -OCH3 is 1. The number of carboxylic acids is 1. The molecular weight excluding hydrogens is 368 g/mol. The van der Waals surface area contributed by atoms with E-state index in [4.69, 9.17) is 14.6 Å². The average Bonchev–Trinajstić information content (AvgIpc) is 2.59. The van der Waals surface area contributed by atoms with E-state index in [1.165, 1.54) is 18.7 Å². The molecule has 0 aliphatic rings. The van der Waals surface area contributed by atoms with Gasteiger partial charge >= 0.3 is 11.9 Å². The van der Waals surface area contributed by atoms with E-state index in [2.05, 4.69) is 6.92 Å². The van der Waals surface area contributed by atoms with Crippen molar-refractivity contribution >= 4 is 29.5 Å². The average molecular weight is 405 g/mol. The number of ketones is 1. The van der Waals surface area contributed by atoms with E-state index >= 15 is 0 Å². The maximum absolute atomic E-state index is 12.2. The lowest BCUT2D eigenvalue weighted by Gasteiger charge is -2.19. The van der Waals surface area contributed by atoms with E-state index in [1.54, 1.807) is 14.0 Å². The van der Waals surface area contributed by atoms with Gasteiger partial charge in [0, 0.05) is 13.5 Å². The van der Waals surface area contributed by atoms with Crippen molar-refractivity contribution in [3.05, 3.63) is 0 Å². The molecule has 1 N–H and O–H groups in total. The lowest BCUT2D eigenvalue weighted by atomic mass is 10.1. The molecule has 0 rings (SSSR count). The molecule has 0 fully saturated rings. The van der Waals surface area contributed by atoms with Crippen molar-refractivity contribution in [3.63, 3.8) is 0 Å². The second-order valence-electron chi connectivity index (χ2n) is 6.92. The van der Waals surface area contributed by atoms with Gasteiger partial charge < -0.3 is 14.6 Å². The van der Waals surface area contributed by atoms with Crippen LogP contribution in [0.3, 0.4) is 0 Å². The lowest BCUT2D eigenvalue weighted by molar-refractivity contribution is -0.153. The van der Waals surface area contributed by atoms with Crippen LogP contribution in [-0.4, -0.2) is 53.1 Å². The third-order valence-corrected chi connectivity index (χ3v) is 5.53. The molecule has 0 spiro atoms. The second kappa shape index (κ2) is 15.9. The van der Waals surface area contributed by atoms with Crippen LogP contribution in [0.5, 0.6) is 0 Å². The number of carbonyl (C=O) groups excluding carboxylic acids is 2. The molecule has 158 valence electrons. The van der Waals surface area contributed by atoms with Crippen molar-refractivity contribution in [2.45, 2.75) is 96.0 Å². The molecule has 6 nitrogen and oxygen atoms in total. The van der Waals surface area contributed by atoms with Gasteiger partial charge in [-0.2, -0.15) is 0 Å². The Morgan fingerprint density at radius 3 is 2.19 bits per heavy atom. The van der Waals surface area contributed by atoms with E-state index in [0.29, 0.717) is 0 Å². The number of aliphatic carboxylic acids is 1. The molecule has 0 aliphatic carbocycles. The number of esters is 1. The van der Waals surface area contributed by atoms with Crippen LogP contribution in [0.1, 0.15) is 78.6 Å². The fraction of sp³-hybridized carbons (Fsp3) is 0.850. The van der Waals surface area contributed by atoms with Gasteiger partial charge in [-0.25, -0.2) is 0 Å². The molecule has 0 saturated heterocycles. The van der Waals surface area contributed by atoms with E-state index in [1.807, 2.05) is 0 Å². The van der Waals surface area contributed by atoms with Gasteiger partial charge in [0.05, 0.1) is 17.8 Å². The summed E-state index contributed by atoms with van der Waals surface area (Å²) in [5.41, 5.74) is 0. The molecule has 0 aromatic rings. The van der Waals surface area contributed by atoms with Crippen LogP contribution in [0.4, 0.5) is 0 Å². The van der Waals surface area contributed by atoms with Crippen LogP contribution in [-0.2, 0) is 23.9 Å². The first-order valence-electron chi connectivity index (χ1n) is 9.86. The normalized spacial score (nSPS) is 14.4. The van der Waals surface area contributed by atoms with Crippen LogP contribution in [0.25, 0.3) is 0 Å². The summed E-state index contributed by atoms with van der Waals surface area (Å²) >= 11 is 1.42. The maximum atomic E-state index is 12.2. The molecule has 0 radical (unpaired) electrons. The van der Waals surface area contributed by atoms with Crippen LogP contribution in [0.15, 0.2) is 0 Å². The smallest absolute Gasteiger partial charge is 0.316 e. The number of rotatable bonds is 17. The van der Waals surface area contributed by atoms with E-state index in [0.717, 1.165) is 50.7 Å². The highest BCUT2D eigenvalue weighted by molar-refractivity contribution is 8.00. The minimum Gasteiger partial charge on any atom is -0.480 e. The number of ether oxygens (including phenoxy) is 2. The largest absolute Gasteiger partial charge is 0.480 e. The quantitative estimate of drug-likeness (QED) is 0.286. The molecular formula is C20H36O6S. The van der Waals surface area contributed by atoms with Crippen molar-refractivity contribution in [3.8, 4) is 0 Å². The van der Waals surface area contributed by atoms with Gasteiger partial charge in [0.2, 0.25) is 0 Å². The summed E-state index contributed by atoms with van der Waals surface area (Å²) in [5, 5.41) is 8.45. The second-order valence-corrected chi connectivity index (χ2v) is 8.37. The summed E-state index contributed by atoms with van der Waals surface area (Å²) in [7, 11) is 1.58. The molecule has 7 heteroatoms. The fourth-order valence-electron chi connectivity index (χ4n) is 2.67. The Kier molecular flexibility index (Phi) is 15.3. The first-order chi connectivity index (χ1) is 12.8. The minimum absolute atomic E-state index is 0.0284. The molecule has 0 bridgehead atoms. The molecule has 27 heavy (non-hydrogen) atoms. The zero-order valence-corrected chi connectivity index (χ0v) is 18.0. The Hall–Kier alpha value is -1.08. The molecule has 0 aliphatic heterocycles. The number of carbonyl (C=O) groups is 3. The van der Waals surface area contributed by atoms with Gasteiger partial charge in [-0.05, 0) is 45.3 Å².